The maximum atomic E-state index is 11.3. The van der Waals surface area contributed by atoms with Gasteiger partial charge in [0.25, 0.3) is 0 Å². The van der Waals surface area contributed by atoms with E-state index in [9.17, 15) is 9.90 Å². The van der Waals surface area contributed by atoms with Crippen LogP contribution < -0.4 is 5.32 Å². The van der Waals surface area contributed by atoms with Crippen LogP contribution in [0.4, 0.5) is 0 Å². The lowest BCUT2D eigenvalue weighted by Crippen LogP contribution is -2.59. The van der Waals surface area contributed by atoms with Gasteiger partial charge in [-0.25, -0.2) is 0 Å². The molecule has 4 nitrogen and oxygen atoms in total. The van der Waals surface area contributed by atoms with Gasteiger partial charge < -0.3 is 10.4 Å². The van der Waals surface area contributed by atoms with E-state index in [2.05, 4.69) is 24.1 Å². The molecule has 2 aliphatic rings. The van der Waals surface area contributed by atoms with Crippen LogP contribution in [0.2, 0.25) is 0 Å². The van der Waals surface area contributed by atoms with Gasteiger partial charge in [0.1, 0.15) is 6.04 Å². The largest absolute Gasteiger partial charge is 0.480 e. The summed E-state index contributed by atoms with van der Waals surface area (Å²) in [6, 6.07) is 0.154. The van der Waals surface area contributed by atoms with Crippen LogP contribution in [0.1, 0.15) is 39.5 Å². The molecule has 2 fully saturated rings. The van der Waals surface area contributed by atoms with E-state index >= 15 is 0 Å². The molecule has 1 saturated carbocycles. The average molecular weight is 240 g/mol. The van der Waals surface area contributed by atoms with Crippen LogP contribution in [-0.2, 0) is 4.79 Å². The van der Waals surface area contributed by atoms with Crippen molar-refractivity contribution in [2.24, 2.45) is 5.41 Å². The maximum Gasteiger partial charge on any atom is 0.322 e. The minimum Gasteiger partial charge on any atom is -0.480 e. The lowest BCUT2D eigenvalue weighted by atomic mass is 9.75. The summed E-state index contributed by atoms with van der Waals surface area (Å²) in [5, 5.41) is 12.4. The van der Waals surface area contributed by atoms with Gasteiger partial charge in [-0.2, -0.15) is 0 Å². The number of hydrogen-bond acceptors (Lipinski definition) is 3. The van der Waals surface area contributed by atoms with E-state index < -0.39 is 5.97 Å². The fourth-order valence-electron chi connectivity index (χ4n) is 3.10. The summed E-state index contributed by atoms with van der Waals surface area (Å²) in [4.78, 5) is 13.5. The van der Waals surface area contributed by atoms with Gasteiger partial charge in [-0.05, 0) is 31.1 Å². The summed E-state index contributed by atoms with van der Waals surface area (Å²) in [5.74, 6) is -0.679. The zero-order valence-corrected chi connectivity index (χ0v) is 10.9. The number of nitrogens with one attached hydrogen (secondary N) is 1. The Morgan fingerprint density at radius 2 is 2.00 bits per heavy atom. The van der Waals surface area contributed by atoms with Crippen LogP contribution in [0.15, 0.2) is 0 Å². The molecule has 1 unspecified atom stereocenters. The number of piperazine rings is 1. The van der Waals surface area contributed by atoms with E-state index in [1.165, 1.54) is 12.8 Å². The lowest BCUT2D eigenvalue weighted by Gasteiger charge is -2.44. The molecular formula is C13H24N2O2. The highest BCUT2D eigenvalue weighted by Gasteiger charge is 2.36. The number of rotatable bonds is 2. The van der Waals surface area contributed by atoms with Gasteiger partial charge in [-0.15, -0.1) is 0 Å². The molecule has 1 atom stereocenters. The first-order valence-corrected chi connectivity index (χ1v) is 6.69. The highest BCUT2D eigenvalue weighted by atomic mass is 16.4. The summed E-state index contributed by atoms with van der Waals surface area (Å²) < 4.78 is 0. The molecule has 0 aromatic rings. The Hall–Kier alpha value is -0.610. The Morgan fingerprint density at radius 3 is 2.59 bits per heavy atom. The number of nitrogens with zero attached hydrogens (tertiary/aromatic N) is 1. The number of aliphatic carboxylic acids is 1. The summed E-state index contributed by atoms with van der Waals surface area (Å²) in [5.41, 5.74) is 0.448. The lowest BCUT2D eigenvalue weighted by molar-refractivity contribution is -0.145. The molecular weight excluding hydrogens is 216 g/mol. The quantitative estimate of drug-likeness (QED) is 0.764. The van der Waals surface area contributed by atoms with E-state index in [0.717, 1.165) is 25.9 Å². The standard InChI is InChI=1S/C13H24N2O2/c1-13(2)5-3-10(4-6-13)15-8-7-14-9-11(15)12(16)17/h10-11,14H,3-9H2,1-2H3,(H,16,17). The van der Waals surface area contributed by atoms with Crippen LogP contribution in [0.5, 0.6) is 0 Å². The van der Waals surface area contributed by atoms with E-state index in [1.54, 1.807) is 0 Å². The van der Waals surface area contributed by atoms with Crippen LogP contribution in [0.3, 0.4) is 0 Å². The first kappa shape index (κ1) is 12.8. The molecule has 2 rings (SSSR count). The molecule has 0 amide bonds. The second-order valence-corrected chi connectivity index (χ2v) is 6.19. The molecule has 0 bridgehead atoms. The van der Waals surface area contributed by atoms with E-state index in [1.807, 2.05) is 0 Å². The highest BCUT2D eigenvalue weighted by Crippen LogP contribution is 2.37. The van der Waals surface area contributed by atoms with E-state index in [4.69, 9.17) is 0 Å². The van der Waals surface area contributed by atoms with Crippen LogP contribution in [0.25, 0.3) is 0 Å². The maximum absolute atomic E-state index is 11.3. The van der Waals surface area contributed by atoms with Crippen LogP contribution >= 0.6 is 0 Å². The summed E-state index contributed by atoms with van der Waals surface area (Å²) in [6.07, 6.45) is 4.73. The number of carboxylic acids is 1. The van der Waals surface area contributed by atoms with Crippen molar-refractivity contribution in [3.8, 4) is 0 Å². The molecule has 1 aliphatic heterocycles. The first-order chi connectivity index (χ1) is 7.99. The third kappa shape index (κ3) is 2.99. The SMILES string of the molecule is CC1(C)CCC(N2CCNCC2C(=O)O)CC1. The van der Waals surface area contributed by atoms with Crippen molar-refractivity contribution in [1.82, 2.24) is 10.2 Å². The topological polar surface area (TPSA) is 52.6 Å². The molecule has 0 spiro atoms. The van der Waals surface area contributed by atoms with Crippen molar-refractivity contribution in [1.29, 1.82) is 0 Å². The number of carboxylic acid groups (broad SMARTS) is 1. The minimum atomic E-state index is -0.679. The predicted octanol–water partition coefficient (Wildman–Crippen LogP) is 1.31. The number of hydrogen-bond donors (Lipinski definition) is 2. The van der Waals surface area contributed by atoms with Gasteiger partial charge >= 0.3 is 5.97 Å². The molecule has 98 valence electrons. The van der Waals surface area contributed by atoms with Gasteiger partial charge in [0, 0.05) is 25.7 Å². The number of carbonyl (C=O) groups is 1. The zero-order valence-electron chi connectivity index (χ0n) is 10.9. The fourth-order valence-corrected chi connectivity index (χ4v) is 3.10. The van der Waals surface area contributed by atoms with Crippen LogP contribution in [0, 0.1) is 5.41 Å². The Balaban J connectivity index is 1.98. The second-order valence-electron chi connectivity index (χ2n) is 6.19. The van der Waals surface area contributed by atoms with Crippen molar-refractivity contribution in [3.05, 3.63) is 0 Å². The third-order valence-electron chi connectivity index (χ3n) is 4.35. The molecule has 0 aromatic carbocycles. The van der Waals surface area contributed by atoms with E-state index in [-0.39, 0.29) is 6.04 Å². The van der Waals surface area contributed by atoms with Crippen molar-refractivity contribution >= 4 is 5.97 Å². The Labute approximate surface area is 103 Å². The normalized spacial score (nSPS) is 31.3. The average Bonchev–Trinajstić information content (AvgIpc) is 2.29. The van der Waals surface area contributed by atoms with Crippen molar-refractivity contribution in [2.45, 2.75) is 51.6 Å². The summed E-state index contributed by atoms with van der Waals surface area (Å²) in [7, 11) is 0. The third-order valence-corrected chi connectivity index (χ3v) is 4.35. The van der Waals surface area contributed by atoms with Gasteiger partial charge in [0.2, 0.25) is 0 Å². The Morgan fingerprint density at radius 1 is 1.35 bits per heavy atom. The Bertz CT molecular complexity index is 281. The second kappa shape index (κ2) is 4.94. The molecule has 1 heterocycles. The van der Waals surface area contributed by atoms with Gasteiger partial charge in [-0.1, -0.05) is 13.8 Å². The monoisotopic (exact) mass is 240 g/mol. The van der Waals surface area contributed by atoms with Gasteiger partial charge in [0.15, 0.2) is 0 Å². The molecule has 1 aliphatic carbocycles. The van der Waals surface area contributed by atoms with Gasteiger partial charge in [-0.3, -0.25) is 9.69 Å². The highest BCUT2D eigenvalue weighted by molar-refractivity contribution is 5.74. The molecule has 0 aromatic heterocycles. The minimum absolute atomic E-state index is 0.324. The van der Waals surface area contributed by atoms with E-state index in [0.29, 0.717) is 18.0 Å². The van der Waals surface area contributed by atoms with Crippen molar-refractivity contribution in [3.63, 3.8) is 0 Å². The molecule has 2 N–H and O–H groups in total. The smallest absolute Gasteiger partial charge is 0.322 e. The zero-order chi connectivity index (χ0) is 12.5. The predicted molar refractivity (Wildman–Crippen MR) is 67.0 cm³/mol. The molecule has 4 heteroatoms. The summed E-state index contributed by atoms with van der Waals surface area (Å²) >= 11 is 0. The van der Waals surface area contributed by atoms with Crippen LogP contribution in [-0.4, -0.2) is 47.7 Å². The van der Waals surface area contributed by atoms with Gasteiger partial charge in [0.05, 0.1) is 0 Å². The molecule has 17 heavy (non-hydrogen) atoms. The molecule has 1 saturated heterocycles. The van der Waals surface area contributed by atoms with Crippen molar-refractivity contribution in [2.75, 3.05) is 19.6 Å². The fraction of sp³-hybridized carbons (Fsp3) is 0.923. The van der Waals surface area contributed by atoms with Crippen molar-refractivity contribution < 1.29 is 9.90 Å². The summed E-state index contributed by atoms with van der Waals surface area (Å²) in [6.45, 7) is 7.02. The molecule has 0 radical (unpaired) electrons. The first-order valence-electron chi connectivity index (χ1n) is 6.69. The Kier molecular flexibility index (Phi) is 3.73.